The van der Waals surface area contributed by atoms with Crippen LogP contribution in [0.25, 0.3) is 0 Å². The molecule has 0 aliphatic rings. The quantitative estimate of drug-likeness (QED) is 0.815. The van der Waals surface area contributed by atoms with E-state index in [1.165, 1.54) is 7.11 Å². The van der Waals surface area contributed by atoms with Crippen molar-refractivity contribution in [2.45, 2.75) is 25.9 Å². The van der Waals surface area contributed by atoms with E-state index in [2.05, 4.69) is 15.3 Å². The first-order valence-corrected chi connectivity index (χ1v) is 5.11. The van der Waals surface area contributed by atoms with Crippen molar-refractivity contribution < 1.29 is 17.9 Å². The molecule has 0 bridgehead atoms. The minimum absolute atomic E-state index is 0.00880. The predicted molar refractivity (Wildman–Crippen MR) is 57.1 cm³/mol. The van der Waals surface area contributed by atoms with E-state index in [-0.39, 0.29) is 13.0 Å². The topological polar surface area (TPSA) is 47.0 Å². The molecule has 1 rings (SSSR count). The van der Waals surface area contributed by atoms with Gasteiger partial charge in [0.1, 0.15) is 11.6 Å². The van der Waals surface area contributed by atoms with Crippen LogP contribution in [0.4, 0.5) is 19.0 Å². The summed E-state index contributed by atoms with van der Waals surface area (Å²) in [7, 11) is 1.47. The number of aryl methyl sites for hydroxylation is 1. The predicted octanol–water partition coefficient (Wildman–Crippen LogP) is 2.55. The van der Waals surface area contributed by atoms with Crippen molar-refractivity contribution in [3.8, 4) is 5.88 Å². The summed E-state index contributed by atoms with van der Waals surface area (Å²) in [5.74, 6) is 1.36. The maximum atomic E-state index is 11.9. The highest BCUT2D eigenvalue weighted by Gasteiger charge is 2.25. The largest absolute Gasteiger partial charge is 0.481 e. The lowest BCUT2D eigenvalue weighted by atomic mass is 10.3. The normalized spacial score (nSPS) is 11.4. The number of alkyl halides is 3. The van der Waals surface area contributed by atoms with Gasteiger partial charge in [-0.25, -0.2) is 4.98 Å². The number of anilines is 1. The summed E-state index contributed by atoms with van der Waals surface area (Å²) in [4.78, 5) is 8.00. The van der Waals surface area contributed by atoms with Crippen molar-refractivity contribution in [2.75, 3.05) is 19.0 Å². The van der Waals surface area contributed by atoms with Crippen LogP contribution in [0.2, 0.25) is 0 Å². The number of methoxy groups -OCH3 is 1. The van der Waals surface area contributed by atoms with E-state index >= 15 is 0 Å². The molecule has 96 valence electrons. The number of aromatic nitrogens is 2. The van der Waals surface area contributed by atoms with Gasteiger partial charge in [0.05, 0.1) is 7.11 Å². The van der Waals surface area contributed by atoms with Crippen LogP contribution >= 0.6 is 0 Å². The van der Waals surface area contributed by atoms with E-state index in [1.54, 1.807) is 13.0 Å². The molecule has 0 amide bonds. The Kier molecular flexibility index (Phi) is 4.53. The zero-order valence-corrected chi connectivity index (χ0v) is 9.64. The number of nitrogens with zero attached hydrogens (tertiary/aromatic N) is 2. The SMILES string of the molecule is COc1cc(NCCCC(F)(F)F)nc(C)n1. The molecule has 0 unspecified atom stereocenters. The Hall–Kier alpha value is -1.53. The third-order valence-corrected chi connectivity index (χ3v) is 1.97. The molecule has 7 heteroatoms. The molecule has 0 saturated heterocycles. The number of ether oxygens (including phenoxy) is 1. The van der Waals surface area contributed by atoms with Gasteiger partial charge in [-0.3, -0.25) is 0 Å². The van der Waals surface area contributed by atoms with Gasteiger partial charge in [0.2, 0.25) is 5.88 Å². The first kappa shape index (κ1) is 13.5. The monoisotopic (exact) mass is 249 g/mol. The summed E-state index contributed by atoms with van der Waals surface area (Å²) < 4.78 is 40.6. The summed E-state index contributed by atoms with van der Waals surface area (Å²) in [6.07, 6.45) is -4.91. The fourth-order valence-corrected chi connectivity index (χ4v) is 1.24. The fraction of sp³-hybridized carbons (Fsp3) is 0.600. The van der Waals surface area contributed by atoms with Crippen LogP contribution in [-0.2, 0) is 0 Å². The van der Waals surface area contributed by atoms with Crippen molar-refractivity contribution in [2.24, 2.45) is 0 Å². The van der Waals surface area contributed by atoms with E-state index in [0.717, 1.165) is 0 Å². The van der Waals surface area contributed by atoms with Crippen molar-refractivity contribution in [3.05, 3.63) is 11.9 Å². The minimum Gasteiger partial charge on any atom is -0.481 e. The second kappa shape index (κ2) is 5.70. The van der Waals surface area contributed by atoms with Gasteiger partial charge in [0.15, 0.2) is 0 Å². The Morgan fingerprint density at radius 2 is 2.06 bits per heavy atom. The van der Waals surface area contributed by atoms with Gasteiger partial charge in [-0.15, -0.1) is 0 Å². The summed E-state index contributed by atoms with van der Waals surface area (Å²) in [5, 5.41) is 2.80. The van der Waals surface area contributed by atoms with Crippen molar-refractivity contribution in [1.29, 1.82) is 0 Å². The van der Waals surface area contributed by atoms with Gasteiger partial charge in [0, 0.05) is 19.0 Å². The second-order valence-corrected chi connectivity index (χ2v) is 3.49. The number of halogens is 3. The van der Waals surface area contributed by atoms with Crippen LogP contribution in [0.5, 0.6) is 5.88 Å². The lowest BCUT2D eigenvalue weighted by Gasteiger charge is -2.09. The maximum absolute atomic E-state index is 11.9. The van der Waals surface area contributed by atoms with E-state index in [0.29, 0.717) is 17.5 Å². The van der Waals surface area contributed by atoms with Gasteiger partial charge in [-0.2, -0.15) is 18.2 Å². The summed E-state index contributed by atoms with van der Waals surface area (Å²) in [6, 6.07) is 1.54. The molecule has 1 aromatic rings. The number of nitrogens with one attached hydrogen (secondary N) is 1. The third-order valence-electron chi connectivity index (χ3n) is 1.97. The number of hydrogen-bond donors (Lipinski definition) is 1. The van der Waals surface area contributed by atoms with E-state index in [9.17, 15) is 13.2 Å². The average Bonchev–Trinajstić information content (AvgIpc) is 2.22. The highest BCUT2D eigenvalue weighted by molar-refractivity contribution is 5.38. The van der Waals surface area contributed by atoms with E-state index in [1.807, 2.05) is 0 Å². The summed E-state index contributed by atoms with van der Waals surface area (Å²) >= 11 is 0. The van der Waals surface area contributed by atoms with Gasteiger partial charge in [0.25, 0.3) is 0 Å². The van der Waals surface area contributed by atoms with Crippen molar-refractivity contribution >= 4 is 5.82 Å². The first-order valence-electron chi connectivity index (χ1n) is 5.11. The molecule has 0 aliphatic heterocycles. The van der Waals surface area contributed by atoms with Crippen LogP contribution in [0.15, 0.2) is 6.07 Å². The molecule has 1 aromatic heterocycles. The molecule has 0 atom stereocenters. The molecule has 1 N–H and O–H groups in total. The molecule has 0 radical (unpaired) electrons. The molecule has 0 saturated carbocycles. The van der Waals surface area contributed by atoms with E-state index < -0.39 is 12.6 Å². The maximum Gasteiger partial charge on any atom is 0.389 e. The standard InChI is InChI=1S/C10H14F3N3O/c1-7-15-8(6-9(16-7)17-2)14-5-3-4-10(11,12)13/h6H,3-5H2,1-2H3,(H,14,15,16). The molecule has 4 nitrogen and oxygen atoms in total. The van der Waals surface area contributed by atoms with Crippen molar-refractivity contribution in [1.82, 2.24) is 9.97 Å². The Balaban J connectivity index is 2.44. The molecule has 17 heavy (non-hydrogen) atoms. The van der Waals surface area contributed by atoms with Gasteiger partial charge in [-0.1, -0.05) is 0 Å². The highest BCUT2D eigenvalue weighted by Crippen LogP contribution is 2.21. The highest BCUT2D eigenvalue weighted by atomic mass is 19.4. The van der Waals surface area contributed by atoms with E-state index in [4.69, 9.17) is 4.74 Å². The lowest BCUT2D eigenvalue weighted by Crippen LogP contribution is -2.11. The number of hydrogen-bond acceptors (Lipinski definition) is 4. The molecule has 0 spiro atoms. The first-order chi connectivity index (χ1) is 7.90. The fourth-order valence-electron chi connectivity index (χ4n) is 1.24. The Bertz CT molecular complexity index is 368. The second-order valence-electron chi connectivity index (χ2n) is 3.49. The Morgan fingerprint density at radius 3 is 2.65 bits per heavy atom. The molecular weight excluding hydrogens is 235 g/mol. The Morgan fingerprint density at radius 1 is 1.35 bits per heavy atom. The van der Waals surface area contributed by atoms with Gasteiger partial charge >= 0.3 is 6.18 Å². The summed E-state index contributed by atoms with van der Waals surface area (Å²) in [5.41, 5.74) is 0. The molecule has 0 fully saturated rings. The van der Waals surface area contributed by atoms with Crippen molar-refractivity contribution in [3.63, 3.8) is 0 Å². The zero-order chi connectivity index (χ0) is 12.9. The molecule has 0 aliphatic carbocycles. The number of rotatable bonds is 5. The molecular formula is C10H14F3N3O. The zero-order valence-electron chi connectivity index (χ0n) is 9.64. The summed E-state index contributed by atoms with van der Waals surface area (Å²) in [6.45, 7) is 1.89. The van der Waals surface area contributed by atoms with Crippen LogP contribution in [0.3, 0.4) is 0 Å². The lowest BCUT2D eigenvalue weighted by molar-refractivity contribution is -0.134. The third kappa shape index (κ3) is 5.37. The van der Waals surface area contributed by atoms with Crippen LogP contribution < -0.4 is 10.1 Å². The van der Waals surface area contributed by atoms with Crippen LogP contribution in [0.1, 0.15) is 18.7 Å². The molecule has 0 aromatic carbocycles. The van der Waals surface area contributed by atoms with Crippen LogP contribution in [-0.4, -0.2) is 29.8 Å². The Labute approximate surface area is 97.2 Å². The minimum atomic E-state index is -4.11. The average molecular weight is 249 g/mol. The molecule has 1 heterocycles. The van der Waals surface area contributed by atoms with Gasteiger partial charge < -0.3 is 10.1 Å². The van der Waals surface area contributed by atoms with Gasteiger partial charge in [-0.05, 0) is 13.3 Å². The smallest absolute Gasteiger partial charge is 0.389 e. The van der Waals surface area contributed by atoms with Crippen LogP contribution in [0, 0.1) is 6.92 Å².